The summed E-state index contributed by atoms with van der Waals surface area (Å²) in [6, 6.07) is 4.60. The molecule has 1 aromatic rings. The fraction of sp³-hybridized carbons (Fsp3) is 0.500. The first-order valence-electron chi connectivity index (χ1n) is 6.99. The third-order valence-corrected chi connectivity index (χ3v) is 5.36. The summed E-state index contributed by atoms with van der Waals surface area (Å²) in [6.07, 6.45) is 1.76. The molecular weight excluding hydrogens is 292 g/mol. The summed E-state index contributed by atoms with van der Waals surface area (Å²) in [4.78, 5) is 17.0. The molecule has 1 saturated heterocycles. The van der Waals surface area contributed by atoms with Gasteiger partial charge in [-0.05, 0) is 44.4 Å². The standard InChI is InChI=1S/C14H20N2O4S/c1-3-20-15-14(17)13-10-12(7-6-11(13)2)21(18,19)16-8-4-5-9-16/h6-7,10H,3-5,8-9H2,1-2H3,(H,15,17). The topological polar surface area (TPSA) is 75.7 Å². The van der Waals surface area contributed by atoms with Crippen LogP contribution >= 0.6 is 0 Å². The first-order valence-corrected chi connectivity index (χ1v) is 8.43. The van der Waals surface area contributed by atoms with Crippen LogP contribution in [0.5, 0.6) is 0 Å². The van der Waals surface area contributed by atoms with Crippen LogP contribution < -0.4 is 5.48 Å². The number of nitrogens with one attached hydrogen (secondary N) is 1. The van der Waals surface area contributed by atoms with Crippen LogP contribution in [-0.4, -0.2) is 38.3 Å². The molecule has 0 bridgehead atoms. The zero-order valence-corrected chi connectivity index (χ0v) is 13.1. The summed E-state index contributed by atoms with van der Waals surface area (Å²) in [5.41, 5.74) is 3.30. The molecule has 116 valence electrons. The minimum atomic E-state index is -3.52. The van der Waals surface area contributed by atoms with Crippen LogP contribution in [0.4, 0.5) is 0 Å². The Bertz CT molecular complexity index is 622. The number of amides is 1. The predicted octanol–water partition coefficient (Wildman–Crippen LogP) is 1.46. The average Bonchev–Trinajstić information content (AvgIpc) is 3.00. The van der Waals surface area contributed by atoms with E-state index in [1.807, 2.05) is 0 Å². The van der Waals surface area contributed by atoms with Crippen molar-refractivity contribution in [1.82, 2.24) is 9.79 Å². The summed E-state index contributed by atoms with van der Waals surface area (Å²) in [7, 11) is -3.52. The molecule has 2 rings (SSSR count). The monoisotopic (exact) mass is 312 g/mol. The number of benzene rings is 1. The fourth-order valence-corrected chi connectivity index (χ4v) is 3.82. The Labute approximate surface area is 125 Å². The van der Waals surface area contributed by atoms with Gasteiger partial charge in [-0.1, -0.05) is 6.07 Å². The van der Waals surface area contributed by atoms with E-state index in [-0.39, 0.29) is 4.90 Å². The summed E-state index contributed by atoms with van der Waals surface area (Å²) < 4.78 is 26.5. The lowest BCUT2D eigenvalue weighted by Gasteiger charge is -2.16. The number of aryl methyl sites for hydroxylation is 1. The molecule has 1 N–H and O–H groups in total. The quantitative estimate of drug-likeness (QED) is 0.835. The van der Waals surface area contributed by atoms with E-state index < -0.39 is 15.9 Å². The van der Waals surface area contributed by atoms with Crippen LogP contribution in [0, 0.1) is 6.92 Å². The maximum Gasteiger partial charge on any atom is 0.275 e. The van der Waals surface area contributed by atoms with Gasteiger partial charge in [-0.25, -0.2) is 13.9 Å². The smallest absolute Gasteiger partial charge is 0.274 e. The highest BCUT2D eigenvalue weighted by molar-refractivity contribution is 7.89. The SMILES string of the molecule is CCONC(=O)c1cc(S(=O)(=O)N2CCCC2)ccc1C. The average molecular weight is 312 g/mol. The number of rotatable bonds is 5. The van der Waals surface area contributed by atoms with Crippen molar-refractivity contribution in [3.8, 4) is 0 Å². The second kappa shape index (κ2) is 6.55. The fourth-order valence-electron chi connectivity index (χ4n) is 2.28. The molecule has 0 saturated carbocycles. The first-order chi connectivity index (χ1) is 9.96. The van der Waals surface area contributed by atoms with Crippen molar-refractivity contribution in [2.75, 3.05) is 19.7 Å². The van der Waals surface area contributed by atoms with E-state index in [2.05, 4.69) is 5.48 Å². The Hall–Kier alpha value is -1.44. The van der Waals surface area contributed by atoms with Gasteiger partial charge in [-0.15, -0.1) is 0 Å². The van der Waals surface area contributed by atoms with Gasteiger partial charge in [0.2, 0.25) is 10.0 Å². The maximum absolute atomic E-state index is 12.5. The van der Waals surface area contributed by atoms with Crippen molar-refractivity contribution in [3.63, 3.8) is 0 Å². The van der Waals surface area contributed by atoms with E-state index in [1.165, 1.54) is 10.4 Å². The lowest BCUT2D eigenvalue weighted by molar-refractivity contribution is 0.0364. The van der Waals surface area contributed by atoms with Crippen molar-refractivity contribution < 1.29 is 18.0 Å². The molecule has 1 amide bonds. The number of hydrogen-bond donors (Lipinski definition) is 1. The van der Waals surface area contributed by atoms with Crippen LogP contribution in [0.25, 0.3) is 0 Å². The Morgan fingerprint density at radius 1 is 1.33 bits per heavy atom. The third-order valence-electron chi connectivity index (χ3n) is 3.47. The largest absolute Gasteiger partial charge is 0.275 e. The van der Waals surface area contributed by atoms with Gasteiger partial charge in [0.05, 0.1) is 11.5 Å². The van der Waals surface area contributed by atoms with Gasteiger partial charge in [0.25, 0.3) is 5.91 Å². The van der Waals surface area contributed by atoms with Crippen LogP contribution in [-0.2, 0) is 14.9 Å². The number of carbonyl (C=O) groups is 1. The van der Waals surface area contributed by atoms with Gasteiger partial charge in [0.1, 0.15) is 0 Å². The summed E-state index contributed by atoms with van der Waals surface area (Å²) in [5, 5.41) is 0. The Morgan fingerprint density at radius 2 is 2.00 bits per heavy atom. The lowest BCUT2D eigenvalue weighted by atomic mass is 10.1. The highest BCUT2D eigenvalue weighted by atomic mass is 32.2. The van der Waals surface area contributed by atoms with Crippen LogP contribution in [0.15, 0.2) is 23.1 Å². The number of sulfonamides is 1. The Morgan fingerprint density at radius 3 is 2.62 bits per heavy atom. The van der Waals surface area contributed by atoms with Crippen LogP contribution in [0.3, 0.4) is 0 Å². The highest BCUT2D eigenvalue weighted by Crippen LogP contribution is 2.23. The highest BCUT2D eigenvalue weighted by Gasteiger charge is 2.28. The van der Waals surface area contributed by atoms with Gasteiger partial charge >= 0.3 is 0 Å². The minimum absolute atomic E-state index is 0.150. The van der Waals surface area contributed by atoms with Crippen molar-refractivity contribution in [3.05, 3.63) is 29.3 Å². The molecule has 1 aromatic carbocycles. The Kier molecular flexibility index (Phi) is 4.97. The van der Waals surface area contributed by atoms with E-state index in [9.17, 15) is 13.2 Å². The minimum Gasteiger partial charge on any atom is -0.274 e. The molecule has 6 nitrogen and oxygen atoms in total. The van der Waals surface area contributed by atoms with E-state index in [0.717, 1.165) is 12.8 Å². The predicted molar refractivity (Wildman–Crippen MR) is 78.3 cm³/mol. The molecule has 0 unspecified atom stereocenters. The molecule has 0 aromatic heterocycles. The molecule has 0 radical (unpaired) electrons. The summed E-state index contributed by atoms with van der Waals surface area (Å²) in [6.45, 7) is 4.93. The van der Waals surface area contributed by atoms with Gasteiger partial charge in [-0.2, -0.15) is 4.31 Å². The first kappa shape index (κ1) is 15.9. The number of hydrogen-bond acceptors (Lipinski definition) is 4. The normalized spacial score (nSPS) is 16.1. The van der Waals surface area contributed by atoms with E-state index in [1.54, 1.807) is 26.0 Å². The van der Waals surface area contributed by atoms with Crippen molar-refractivity contribution in [1.29, 1.82) is 0 Å². The summed E-state index contributed by atoms with van der Waals surface area (Å²) >= 11 is 0. The van der Waals surface area contributed by atoms with E-state index >= 15 is 0 Å². The third kappa shape index (κ3) is 3.42. The van der Waals surface area contributed by atoms with E-state index in [4.69, 9.17) is 4.84 Å². The van der Waals surface area contributed by atoms with Gasteiger partial charge in [0.15, 0.2) is 0 Å². The molecule has 1 fully saturated rings. The second-order valence-corrected chi connectivity index (χ2v) is 6.89. The zero-order valence-electron chi connectivity index (χ0n) is 12.3. The van der Waals surface area contributed by atoms with Gasteiger partial charge < -0.3 is 0 Å². The summed E-state index contributed by atoms with van der Waals surface area (Å²) in [5.74, 6) is -0.437. The molecule has 1 aliphatic rings. The zero-order chi connectivity index (χ0) is 15.5. The van der Waals surface area contributed by atoms with Crippen molar-refractivity contribution in [2.24, 2.45) is 0 Å². The van der Waals surface area contributed by atoms with Crippen LogP contribution in [0.2, 0.25) is 0 Å². The maximum atomic E-state index is 12.5. The number of hydroxylamine groups is 1. The molecule has 0 atom stereocenters. The molecule has 0 spiro atoms. The van der Waals surface area contributed by atoms with Crippen LogP contribution in [0.1, 0.15) is 35.7 Å². The molecule has 21 heavy (non-hydrogen) atoms. The van der Waals surface area contributed by atoms with Crippen molar-refractivity contribution >= 4 is 15.9 Å². The number of carbonyl (C=O) groups excluding carboxylic acids is 1. The molecular formula is C14H20N2O4S. The second-order valence-electron chi connectivity index (χ2n) is 4.95. The molecule has 1 heterocycles. The van der Waals surface area contributed by atoms with Crippen molar-refractivity contribution in [2.45, 2.75) is 31.6 Å². The molecule has 7 heteroatoms. The van der Waals surface area contributed by atoms with Gasteiger partial charge in [0, 0.05) is 18.7 Å². The Balaban J connectivity index is 2.31. The molecule has 1 aliphatic heterocycles. The number of nitrogens with zero attached hydrogens (tertiary/aromatic N) is 1. The lowest BCUT2D eigenvalue weighted by Crippen LogP contribution is -2.29. The molecule has 0 aliphatic carbocycles. The van der Waals surface area contributed by atoms with Gasteiger partial charge in [-0.3, -0.25) is 9.63 Å². The van der Waals surface area contributed by atoms with E-state index in [0.29, 0.717) is 30.8 Å².